The number of rotatable bonds is 7. The lowest BCUT2D eigenvalue weighted by molar-refractivity contribution is -0.140. The van der Waals surface area contributed by atoms with Crippen LogP contribution in [0, 0.1) is 0 Å². The quantitative estimate of drug-likeness (QED) is 0.756. The summed E-state index contributed by atoms with van der Waals surface area (Å²) in [5, 5.41) is 2.61. The van der Waals surface area contributed by atoms with E-state index in [2.05, 4.69) is 10.1 Å². The molecule has 0 aliphatic carbocycles. The summed E-state index contributed by atoms with van der Waals surface area (Å²) in [6, 6.07) is 3.08. The summed E-state index contributed by atoms with van der Waals surface area (Å²) >= 11 is 0. The van der Waals surface area contributed by atoms with Crippen LogP contribution in [0.15, 0.2) is 12.1 Å². The number of hydrogen-bond acceptors (Lipinski definition) is 6. The number of ether oxygens (including phenoxy) is 4. The third-order valence-electron chi connectivity index (χ3n) is 2.79. The van der Waals surface area contributed by atoms with Gasteiger partial charge in [-0.25, -0.2) is 0 Å². The number of carbonyl (C=O) groups excluding carboxylic acids is 2. The third-order valence-corrected chi connectivity index (χ3v) is 2.79. The highest BCUT2D eigenvalue weighted by Gasteiger charge is 2.17. The van der Waals surface area contributed by atoms with E-state index in [1.54, 1.807) is 6.07 Å². The Morgan fingerprint density at radius 2 is 1.52 bits per heavy atom. The minimum atomic E-state index is -0.394. The van der Waals surface area contributed by atoms with Gasteiger partial charge in [0.15, 0.2) is 11.5 Å². The molecule has 0 fully saturated rings. The van der Waals surface area contributed by atoms with Gasteiger partial charge in [-0.15, -0.1) is 0 Å². The molecule has 0 atom stereocenters. The normalized spacial score (nSPS) is 9.71. The van der Waals surface area contributed by atoms with Crippen LogP contribution in [0.5, 0.6) is 17.2 Å². The van der Waals surface area contributed by atoms with E-state index in [1.165, 1.54) is 34.5 Å². The second kappa shape index (κ2) is 7.98. The van der Waals surface area contributed by atoms with E-state index in [-0.39, 0.29) is 18.9 Å². The maximum atomic E-state index is 12.1. The molecule has 0 unspecified atom stereocenters. The zero-order chi connectivity index (χ0) is 15.8. The Balaban J connectivity index is 2.89. The Kier molecular flexibility index (Phi) is 6.32. The average molecular weight is 297 g/mol. The van der Waals surface area contributed by atoms with E-state index >= 15 is 0 Å². The van der Waals surface area contributed by atoms with Crippen molar-refractivity contribution >= 4 is 11.9 Å². The second-order valence-electron chi connectivity index (χ2n) is 3.99. The highest BCUT2D eigenvalue weighted by atomic mass is 16.5. The van der Waals surface area contributed by atoms with Crippen LogP contribution in [0.4, 0.5) is 0 Å². The van der Waals surface area contributed by atoms with Crippen LogP contribution < -0.4 is 19.5 Å². The van der Waals surface area contributed by atoms with Gasteiger partial charge in [-0.1, -0.05) is 0 Å². The summed E-state index contributed by atoms with van der Waals surface area (Å²) in [4.78, 5) is 23.1. The van der Waals surface area contributed by atoms with Gasteiger partial charge in [0.2, 0.25) is 0 Å². The summed E-state index contributed by atoms with van der Waals surface area (Å²) in [6.45, 7) is 0.170. The maximum absolute atomic E-state index is 12.1. The molecule has 0 aromatic heterocycles. The fourth-order valence-corrected chi connectivity index (χ4v) is 1.68. The SMILES string of the molecule is COC(=O)CCNC(=O)c1cc(OC)c(OC)cc1OC. The summed E-state index contributed by atoms with van der Waals surface area (Å²) in [5.74, 6) is 0.450. The molecule has 1 aromatic carbocycles. The lowest BCUT2D eigenvalue weighted by Crippen LogP contribution is -2.26. The Morgan fingerprint density at radius 1 is 0.952 bits per heavy atom. The monoisotopic (exact) mass is 297 g/mol. The van der Waals surface area contributed by atoms with Crippen molar-refractivity contribution in [3.05, 3.63) is 17.7 Å². The number of nitrogens with one attached hydrogen (secondary N) is 1. The van der Waals surface area contributed by atoms with E-state index in [0.717, 1.165) is 0 Å². The molecule has 1 amide bonds. The second-order valence-corrected chi connectivity index (χ2v) is 3.99. The number of amides is 1. The average Bonchev–Trinajstić information content (AvgIpc) is 2.52. The first-order valence-electron chi connectivity index (χ1n) is 6.22. The molecule has 0 bridgehead atoms. The molecule has 21 heavy (non-hydrogen) atoms. The van der Waals surface area contributed by atoms with E-state index < -0.39 is 5.97 Å². The molecule has 7 nitrogen and oxygen atoms in total. The van der Waals surface area contributed by atoms with E-state index in [1.807, 2.05) is 0 Å². The molecule has 116 valence electrons. The van der Waals surface area contributed by atoms with Gasteiger partial charge in [0, 0.05) is 18.7 Å². The minimum absolute atomic E-state index is 0.0951. The standard InChI is InChI=1S/C14H19NO6/c1-18-10-8-12(20-3)11(19-2)7-9(10)14(17)15-6-5-13(16)21-4/h7-8H,5-6H2,1-4H3,(H,15,17). The predicted molar refractivity (Wildman–Crippen MR) is 75.1 cm³/mol. The fraction of sp³-hybridized carbons (Fsp3) is 0.429. The smallest absolute Gasteiger partial charge is 0.307 e. The van der Waals surface area contributed by atoms with Crippen LogP contribution >= 0.6 is 0 Å². The molecule has 0 spiro atoms. The molecule has 1 N–H and O–H groups in total. The number of esters is 1. The van der Waals surface area contributed by atoms with Gasteiger partial charge >= 0.3 is 5.97 Å². The molecule has 0 saturated heterocycles. The van der Waals surface area contributed by atoms with Crippen LogP contribution in [0.25, 0.3) is 0 Å². The maximum Gasteiger partial charge on any atom is 0.307 e. The Hall–Kier alpha value is -2.44. The van der Waals surface area contributed by atoms with Crippen molar-refractivity contribution in [2.45, 2.75) is 6.42 Å². The van der Waals surface area contributed by atoms with Gasteiger partial charge in [-0.05, 0) is 0 Å². The molecule has 1 aromatic rings. The van der Waals surface area contributed by atoms with Gasteiger partial charge < -0.3 is 24.3 Å². The molecule has 0 aliphatic rings. The Labute approximate surface area is 123 Å². The molecule has 0 heterocycles. The van der Waals surface area contributed by atoms with E-state index in [9.17, 15) is 9.59 Å². The van der Waals surface area contributed by atoms with Crippen LogP contribution in [0.3, 0.4) is 0 Å². The summed E-state index contributed by atoms with van der Waals surface area (Å²) in [6.07, 6.45) is 0.0951. The molecule has 0 aliphatic heterocycles. The highest BCUT2D eigenvalue weighted by Crippen LogP contribution is 2.34. The highest BCUT2D eigenvalue weighted by molar-refractivity contribution is 5.98. The fourth-order valence-electron chi connectivity index (χ4n) is 1.68. The molecular formula is C14H19NO6. The first-order valence-corrected chi connectivity index (χ1v) is 6.22. The summed E-state index contributed by atoms with van der Waals surface area (Å²) < 4.78 is 20.0. The van der Waals surface area contributed by atoms with Gasteiger partial charge in [0.1, 0.15) is 5.75 Å². The van der Waals surface area contributed by atoms with Crippen LogP contribution in [-0.4, -0.2) is 46.9 Å². The first-order chi connectivity index (χ1) is 10.1. The molecular weight excluding hydrogens is 278 g/mol. The van der Waals surface area contributed by atoms with Crippen LogP contribution in [0.2, 0.25) is 0 Å². The number of benzene rings is 1. The van der Waals surface area contributed by atoms with Gasteiger partial charge in [0.05, 0.1) is 40.4 Å². The van der Waals surface area contributed by atoms with Crippen molar-refractivity contribution in [1.29, 1.82) is 0 Å². The minimum Gasteiger partial charge on any atom is -0.496 e. The lowest BCUT2D eigenvalue weighted by atomic mass is 10.1. The molecule has 0 saturated carbocycles. The van der Waals surface area contributed by atoms with Crippen molar-refractivity contribution in [2.24, 2.45) is 0 Å². The largest absolute Gasteiger partial charge is 0.496 e. The first kappa shape index (κ1) is 16.6. The topological polar surface area (TPSA) is 83.1 Å². The third kappa shape index (κ3) is 4.27. The van der Waals surface area contributed by atoms with E-state index in [0.29, 0.717) is 22.8 Å². The number of hydrogen-bond donors (Lipinski definition) is 1. The van der Waals surface area contributed by atoms with Crippen LogP contribution in [-0.2, 0) is 9.53 Å². The zero-order valence-electron chi connectivity index (χ0n) is 12.5. The Morgan fingerprint density at radius 3 is 2.05 bits per heavy atom. The van der Waals surface area contributed by atoms with Crippen LogP contribution in [0.1, 0.15) is 16.8 Å². The van der Waals surface area contributed by atoms with Gasteiger partial charge in [-0.2, -0.15) is 0 Å². The van der Waals surface area contributed by atoms with Gasteiger partial charge in [-0.3, -0.25) is 9.59 Å². The van der Waals surface area contributed by atoms with Crippen molar-refractivity contribution in [3.8, 4) is 17.2 Å². The van der Waals surface area contributed by atoms with Gasteiger partial charge in [0.25, 0.3) is 5.91 Å². The molecule has 1 rings (SSSR count). The van der Waals surface area contributed by atoms with Crippen molar-refractivity contribution in [3.63, 3.8) is 0 Å². The van der Waals surface area contributed by atoms with E-state index in [4.69, 9.17) is 14.2 Å². The predicted octanol–water partition coefficient (Wildman–Crippen LogP) is 1.01. The lowest BCUT2D eigenvalue weighted by Gasteiger charge is -2.13. The molecule has 7 heteroatoms. The zero-order valence-corrected chi connectivity index (χ0v) is 12.5. The summed E-state index contributed by atoms with van der Waals surface area (Å²) in [7, 11) is 5.71. The number of carbonyl (C=O) groups is 2. The molecule has 0 radical (unpaired) electrons. The number of methoxy groups -OCH3 is 4. The Bertz CT molecular complexity index is 514. The van der Waals surface area contributed by atoms with Crippen molar-refractivity contribution in [1.82, 2.24) is 5.32 Å². The summed E-state index contributed by atoms with van der Waals surface area (Å²) in [5.41, 5.74) is 0.292. The van der Waals surface area contributed by atoms with Crippen molar-refractivity contribution < 1.29 is 28.5 Å². The van der Waals surface area contributed by atoms with Crippen molar-refractivity contribution in [2.75, 3.05) is 35.0 Å².